The molecule has 204 valence electrons. The van der Waals surface area contributed by atoms with Crippen molar-refractivity contribution in [3.05, 3.63) is 90.0 Å². The zero-order valence-electron chi connectivity index (χ0n) is 22.3. The number of hydrogen-bond donors (Lipinski definition) is 1. The van der Waals surface area contributed by atoms with Gasteiger partial charge in [0.2, 0.25) is 0 Å². The van der Waals surface area contributed by atoms with E-state index in [1.807, 2.05) is 19.1 Å². The van der Waals surface area contributed by atoms with Gasteiger partial charge in [-0.15, -0.1) is 6.58 Å². The first kappa shape index (κ1) is 28.8. The van der Waals surface area contributed by atoms with Crippen molar-refractivity contribution in [2.24, 2.45) is 5.10 Å². The fraction of sp³-hybridized carbons (Fsp3) is 0.233. The molecule has 0 atom stereocenters. The van der Waals surface area contributed by atoms with Crippen LogP contribution in [0.1, 0.15) is 34.8 Å². The number of methoxy groups -OCH3 is 2. The Hall–Kier alpha value is -4.79. The summed E-state index contributed by atoms with van der Waals surface area (Å²) >= 11 is 0. The molecule has 3 rings (SSSR count). The second-order valence-electron chi connectivity index (χ2n) is 8.23. The van der Waals surface area contributed by atoms with Gasteiger partial charge in [0, 0.05) is 0 Å². The van der Waals surface area contributed by atoms with Crippen molar-refractivity contribution < 1.29 is 33.3 Å². The fourth-order valence-corrected chi connectivity index (χ4v) is 3.39. The summed E-state index contributed by atoms with van der Waals surface area (Å²) in [5, 5.41) is 3.96. The number of allylic oxidation sites excluding steroid dienone is 1. The van der Waals surface area contributed by atoms with Crippen LogP contribution in [0.5, 0.6) is 28.7 Å². The van der Waals surface area contributed by atoms with E-state index < -0.39 is 11.9 Å². The van der Waals surface area contributed by atoms with Crippen molar-refractivity contribution in [1.82, 2.24) is 5.43 Å². The molecule has 9 heteroatoms. The highest BCUT2D eigenvalue weighted by atomic mass is 16.6. The monoisotopic (exact) mass is 532 g/mol. The molecule has 0 spiro atoms. The van der Waals surface area contributed by atoms with Crippen molar-refractivity contribution in [2.75, 3.05) is 27.4 Å². The zero-order valence-corrected chi connectivity index (χ0v) is 22.3. The summed E-state index contributed by atoms with van der Waals surface area (Å²) in [6.45, 7) is 6.10. The van der Waals surface area contributed by atoms with Crippen LogP contribution in [0.15, 0.2) is 78.4 Å². The van der Waals surface area contributed by atoms with Crippen molar-refractivity contribution in [2.45, 2.75) is 19.8 Å². The minimum Gasteiger partial charge on any atom is -0.494 e. The Labute approximate surface area is 228 Å². The van der Waals surface area contributed by atoms with Gasteiger partial charge < -0.3 is 23.7 Å². The van der Waals surface area contributed by atoms with E-state index in [1.54, 1.807) is 54.6 Å². The number of esters is 1. The van der Waals surface area contributed by atoms with Crippen molar-refractivity contribution in [3.63, 3.8) is 0 Å². The number of carbonyl (C=O) groups excluding carboxylic acids is 2. The van der Waals surface area contributed by atoms with Gasteiger partial charge in [-0.3, -0.25) is 4.79 Å². The topological polar surface area (TPSA) is 105 Å². The van der Waals surface area contributed by atoms with Crippen LogP contribution in [0.25, 0.3) is 0 Å². The van der Waals surface area contributed by atoms with Crippen molar-refractivity contribution >= 4 is 18.1 Å². The summed E-state index contributed by atoms with van der Waals surface area (Å²) in [5.74, 6) is 1.25. The molecule has 0 radical (unpaired) electrons. The minimum absolute atomic E-state index is 0.247. The molecule has 0 heterocycles. The number of hydrogen-bond acceptors (Lipinski definition) is 8. The van der Waals surface area contributed by atoms with Crippen LogP contribution in [0.3, 0.4) is 0 Å². The fourth-order valence-electron chi connectivity index (χ4n) is 3.39. The van der Waals surface area contributed by atoms with Crippen LogP contribution in [0.4, 0.5) is 0 Å². The summed E-state index contributed by atoms with van der Waals surface area (Å²) < 4.78 is 27.3. The summed E-state index contributed by atoms with van der Waals surface area (Å²) in [6, 6.07) is 17.1. The first-order valence-electron chi connectivity index (χ1n) is 12.3. The predicted molar refractivity (Wildman–Crippen MR) is 148 cm³/mol. The first-order chi connectivity index (χ1) is 19.0. The molecule has 39 heavy (non-hydrogen) atoms. The smallest absolute Gasteiger partial charge is 0.343 e. The average Bonchev–Trinajstić information content (AvgIpc) is 2.96. The maximum absolute atomic E-state index is 12.6. The number of rotatable bonds is 14. The molecule has 0 aromatic heterocycles. The first-order valence-corrected chi connectivity index (χ1v) is 12.3. The lowest BCUT2D eigenvalue weighted by Gasteiger charge is -2.11. The van der Waals surface area contributed by atoms with E-state index in [-0.39, 0.29) is 12.4 Å². The molecular formula is C30H32N2O7. The molecule has 0 saturated carbocycles. The third-order valence-electron chi connectivity index (χ3n) is 5.32. The number of carbonyl (C=O) groups is 2. The van der Waals surface area contributed by atoms with Gasteiger partial charge in [-0.1, -0.05) is 19.1 Å². The average molecular weight is 533 g/mol. The lowest BCUT2D eigenvalue weighted by molar-refractivity contribution is -0.123. The van der Waals surface area contributed by atoms with E-state index in [9.17, 15) is 9.59 Å². The lowest BCUT2D eigenvalue weighted by Crippen LogP contribution is -2.24. The van der Waals surface area contributed by atoms with Gasteiger partial charge in [0.1, 0.15) is 5.75 Å². The number of ether oxygens (including phenoxy) is 5. The third kappa shape index (κ3) is 8.63. The van der Waals surface area contributed by atoms with E-state index in [0.717, 1.165) is 12.0 Å². The van der Waals surface area contributed by atoms with Crippen LogP contribution in [0.2, 0.25) is 0 Å². The van der Waals surface area contributed by atoms with E-state index in [1.165, 1.54) is 20.4 Å². The molecule has 1 amide bonds. The molecular weight excluding hydrogens is 500 g/mol. The molecule has 0 bridgehead atoms. The van der Waals surface area contributed by atoms with Crippen LogP contribution >= 0.6 is 0 Å². The Kier molecular flexibility index (Phi) is 10.9. The molecule has 3 aromatic rings. The van der Waals surface area contributed by atoms with Crippen LogP contribution < -0.4 is 29.1 Å². The third-order valence-corrected chi connectivity index (χ3v) is 5.32. The van der Waals surface area contributed by atoms with E-state index in [4.69, 9.17) is 23.7 Å². The Bertz CT molecular complexity index is 1300. The number of benzene rings is 3. The summed E-state index contributed by atoms with van der Waals surface area (Å²) in [4.78, 5) is 24.8. The van der Waals surface area contributed by atoms with Crippen LogP contribution in [-0.2, 0) is 11.2 Å². The number of nitrogens with zero attached hydrogens (tertiary/aromatic N) is 1. The van der Waals surface area contributed by atoms with Crippen LogP contribution in [0, 0.1) is 0 Å². The molecule has 0 aliphatic heterocycles. The maximum atomic E-state index is 12.6. The molecule has 0 fully saturated rings. The van der Waals surface area contributed by atoms with Crippen molar-refractivity contribution in [3.8, 4) is 28.7 Å². The number of hydrazone groups is 1. The van der Waals surface area contributed by atoms with Gasteiger partial charge in [-0.2, -0.15) is 5.10 Å². The summed E-state index contributed by atoms with van der Waals surface area (Å²) in [5.41, 5.74) is 4.42. The molecule has 1 N–H and O–H groups in total. The Morgan fingerprint density at radius 2 is 1.62 bits per heavy atom. The van der Waals surface area contributed by atoms with Gasteiger partial charge in [-0.25, -0.2) is 10.2 Å². The highest BCUT2D eigenvalue weighted by Crippen LogP contribution is 2.29. The summed E-state index contributed by atoms with van der Waals surface area (Å²) in [7, 11) is 3.00. The van der Waals surface area contributed by atoms with E-state index in [2.05, 4.69) is 17.1 Å². The van der Waals surface area contributed by atoms with Gasteiger partial charge >= 0.3 is 5.97 Å². The van der Waals surface area contributed by atoms with Gasteiger partial charge in [0.15, 0.2) is 29.6 Å². The molecule has 0 saturated heterocycles. The Balaban J connectivity index is 1.54. The standard InChI is InChI=1S/C30H32N2O7/c1-5-7-21-8-14-25(27(17-21)35-3)38-20-29(33)32-31-19-22-9-15-26(28(18-22)36-4)39-30(34)23-10-12-24(13-11-23)37-16-6-2/h5,8-15,17-19H,1,6-7,16,20H2,2-4H3,(H,32,33)/b31-19+. The minimum atomic E-state index is -0.531. The Morgan fingerprint density at radius 3 is 2.31 bits per heavy atom. The second kappa shape index (κ2) is 14.8. The van der Waals surface area contributed by atoms with Gasteiger partial charge in [0.25, 0.3) is 5.91 Å². The normalized spacial score (nSPS) is 10.5. The largest absolute Gasteiger partial charge is 0.494 e. The quantitative estimate of drug-likeness (QED) is 0.103. The Morgan fingerprint density at radius 1 is 0.897 bits per heavy atom. The van der Waals surface area contributed by atoms with Gasteiger partial charge in [-0.05, 0) is 78.6 Å². The highest BCUT2D eigenvalue weighted by Gasteiger charge is 2.13. The number of amides is 1. The molecule has 0 aliphatic rings. The highest BCUT2D eigenvalue weighted by molar-refractivity contribution is 5.92. The molecule has 0 unspecified atom stereocenters. The number of nitrogens with one attached hydrogen (secondary N) is 1. The van der Waals surface area contributed by atoms with Crippen LogP contribution in [-0.4, -0.2) is 45.5 Å². The second-order valence-corrected chi connectivity index (χ2v) is 8.23. The predicted octanol–water partition coefficient (Wildman–Crippen LogP) is 4.97. The molecule has 9 nitrogen and oxygen atoms in total. The molecule has 3 aromatic carbocycles. The summed E-state index contributed by atoms with van der Waals surface area (Å²) in [6.07, 6.45) is 4.82. The lowest BCUT2D eigenvalue weighted by atomic mass is 10.1. The molecule has 0 aliphatic carbocycles. The zero-order chi connectivity index (χ0) is 28.0. The maximum Gasteiger partial charge on any atom is 0.343 e. The van der Waals surface area contributed by atoms with Gasteiger partial charge in [0.05, 0.1) is 32.6 Å². The van der Waals surface area contributed by atoms with Crippen molar-refractivity contribution in [1.29, 1.82) is 0 Å². The van der Waals surface area contributed by atoms with E-state index in [0.29, 0.717) is 47.2 Å². The SMILES string of the molecule is C=CCc1ccc(OCC(=O)N/N=C/c2ccc(OC(=O)c3ccc(OCCC)cc3)c(OC)c2)c(OC)c1. The van der Waals surface area contributed by atoms with E-state index >= 15 is 0 Å².